The van der Waals surface area contributed by atoms with Crippen molar-refractivity contribution >= 4 is 34.9 Å². The van der Waals surface area contributed by atoms with E-state index in [2.05, 4.69) is 30.5 Å². The summed E-state index contributed by atoms with van der Waals surface area (Å²) < 4.78 is 1.92. The molecule has 156 valence electrons. The summed E-state index contributed by atoms with van der Waals surface area (Å²) in [5, 5.41) is 12.3. The molecular weight excluding hydrogens is 386 g/mol. The number of halogens is 1. The molecule has 4 rings (SSSR count). The maximum Gasteiger partial charge on any atom is 0.220 e. The first-order valence-electron chi connectivity index (χ1n) is 10.2. The molecule has 1 aromatic carbocycles. The summed E-state index contributed by atoms with van der Waals surface area (Å²) in [6.45, 7) is 9.19. The molecule has 1 aliphatic rings. The number of nitrogens with one attached hydrogen (secondary N) is 2. The number of amides is 1. The molecule has 0 atom stereocenters. The van der Waals surface area contributed by atoms with Crippen molar-refractivity contribution < 1.29 is 4.79 Å². The number of carbonyl (C=O) groups excluding carboxylic acids is 1. The van der Waals surface area contributed by atoms with E-state index in [4.69, 9.17) is 10.1 Å². The first-order valence-corrected chi connectivity index (χ1v) is 10.2. The standard InChI is InChI=1S/C22H29N5O.ClH/c1-15-17(8-9-20(28)24-14-22(3)10-12-23-13-11-22)16(2)27-21(25-15)18-6-4-5-7-19(18)26-27;/h4-7,23H,8-14H2,1-3H3,(H,24,28);1H. The smallest absolute Gasteiger partial charge is 0.220 e. The molecule has 7 heteroatoms. The Morgan fingerprint density at radius 1 is 1.24 bits per heavy atom. The predicted octanol–water partition coefficient (Wildman–Crippen LogP) is 3.36. The number of benzene rings is 1. The van der Waals surface area contributed by atoms with E-state index in [1.807, 2.05) is 29.6 Å². The van der Waals surface area contributed by atoms with Crippen molar-refractivity contribution in [1.29, 1.82) is 0 Å². The lowest BCUT2D eigenvalue weighted by molar-refractivity contribution is -0.121. The highest BCUT2D eigenvalue weighted by Crippen LogP contribution is 2.27. The molecule has 29 heavy (non-hydrogen) atoms. The third kappa shape index (κ3) is 4.38. The third-order valence-electron chi connectivity index (χ3n) is 6.14. The van der Waals surface area contributed by atoms with Crippen LogP contribution in [0.3, 0.4) is 0 Å². The van der Waals surface area contributed by atoms with Gasteiger partial charge >= 0.3 is 0 Å². The van der Waals surface area contributed by atoms with Crippen LogP contribution in [0.5, 0.6) is 0 Å². The molecule has 3 heterocycles. The summed E-state index contributed by atoms with van der Waals surface area (Å²) >= 11 is 0. The number of rotatable bonds is 5. The van der Waals surface area contributed by atoms with Gasteiger partial charge in [-0.25, -0.2) is 9.50 Å². The molecule has 0 spiro atoms. The van der Waals surface area contributed by atoms with Crippen molar-refractivity contribution in [2.75, 3.05) is 19.6 Å². The first-order chi connectivity index (χ1) is 13.5. The van der Waals surface area contributed by atoms with E-state index in [9.17, 15) is 4.79 Å². The highest BCUT2D eigenvalue weighted by molar-refractivity contribution is 5.92. The predicted molar refractivity (Wildman–Crippen MR) is 119 cm³/mol. The summed E-state index contributed by atoms with van der Waals surface area (Å²) in [5.41, 5.74) is 5.21. The van der Waals surface area contributed by atoms with Crippen molar-refractivity contribution in [3.63, 3.8) is 0 Å². The van der Waals surface area contributed by atoms with Gasteiger partial charge in [0.2, 0.25) is 5.91 Å². The van der Waals surface area contributed by atoms with Gasteiger partial charge in [-0.15, -0.1) is 12.4 Å². The molecule has 0 aliphatic carbocycles. The number of piperidine rings is 1. The molecule has 0 radical (unpaired) electrons. The molecule has 1 fully saturated rings. The lowest BCUT2D eigenvalue weighted by Crippen LogP contribution is -2.42. The highest BCUT2D eigenvalue weighted by atomic mass is 35.5. The number of fused-ring (bicyclic) bond motifs is 3. The van der Waals surface area contributed by atoms with E-state index in [-0.39, 0.29) is 23.7 Å². The second-order valence-corrected chi connectivity index (χ2v) is 8.35. The Kier molecular flexibility index (Phi) is 6.44. The van der Waals surface area contributed by atoms with E-state index in [1.54, 1.807) is 0 Å². The fraction of sp³-hybridized carbons (Fsp3) is 0.500. The molecule has 3 aromatic rings. The first kappa shape index (κ1) is 21.5. The second kappa shape index (κ2) is 8.67. The Bertz CT molecular complexity index is 1020. The molecule has 0 bridgehead atoms. The van der Waals surface area contributed by atoms with E-state index in [0.717, 1.165) is 66.0 Å². The highest BCUT2D eigenvalue weighted by Gasteiger charge is 2.27. The average molecular weight is 416 g/mol. The average Bonchev–Trinajstić information content (AvgIpc) is 3.06. The summed E-state index contributed by atoms with van der Waals surface area (Å²) in [5.74, 6) is 0.115. The van der Waals surface area contributed by atoms with Gasteiger partial charge in [-0.05, 0) is 69.3 Å². The van der Waals surface area contributed by atoms with Crippen LogP contribution in [0.4, 0.5) is 0 Å². The van der Waals surface area contributed by atoms with Crippen LogP contribution in [0.15, 0.2) is 24.3 Å². The molecule has 0 unspecified atom stereocenters. The van der Waals surface area contributed by atoms with Crippen molar-refractivity contribution in [2.24, 2.45) is 5.41 Å². The van der Waals surface area contributed by atoms with Crippen LogP contribution in [0, 0.1) is 19.3 Å². The van der Waals surface area contributed by atoms with Gasteiger partial charge in [0.15, 0.2) is 5.65 Å². The lowest BCUT2D eigenvalue weighted by atomic mass is 9.81. The minimum absolute atomic E-state index is 0. The quantitative estimate of drug-likeness (QED) is 0.670. The van der Waals surface area contributed by atoms with Crippen molar-refractivity contribution in [3.05, 3.63) is 41.2 Å². The van der Waals surface area contributed by atoms with E-state index < -0.39 is 0 Å². The molecule has 2 aromatic heterocycles. The van der Waals surface area contributed by atoms with Crippen molar-refractivity contribution in [2.45, 2.75) is 46.5 Å². The molecular formula is C22H30ClN5O. The van der Waals surface area contributed by atoms with Gasteiger partial charge < -0.3 is 10.6 Å². The Labute approximate surface area is 177 Å². The second-order valence-electron chi connectivity index (χ2n) is 8.35. The zero-order chi connectivity index (χ0) is 19.7. The Morgan fingerprint density at radius 3 is 2.72 bits per heavy atom. The summed E-state index contributed by atoms with van der Waals surface area (Å²) in [4.78, 5) is 17.3. The number of hydrogen-bond donors (Lipinski definition) is 2. The number of carbonyl (C=O) groups is 1. The fourth-order valence-corrected chi connectivity index (χ4v) is 4.18. The summed E-state index contributed by atoms with van der Waals surface area (Å²) in [7, 11) is 0. The van der Waals surface area contributed by atoms with E-state index in [1.165, 1.54) is 0 Å². The van der Waals surface area contributed by atoms with Crippen molar-refractivity contribution in [1.82, 2.24) is 25.2 Å². The van der Waals surface area contributed by atoms with Gasteiger partial charge in [-0.1, -0.05) is 19.1 Å². The van der Waals surface area contributed by atoms with Crippen LogP contribution in [-0.2, 0) is 11.2 Å². The molecule has 1 aliphatic heterocycles. The number of aryl methyl sites for hydroxylation is 2. The van der Waals surface area contributed by atoms with Gasteiger partial charge in [0.1, 0.15) is 0 Å². The summed E-state index contributed by atoms with van der Waals surface area (Å²) in [6.07, 6.45) is 3.38. The number of nitrogens with zero attached hydrogens (tertiary/aromatic N) is 3. The lowest BCUT2D eigenvalue weighted by Gasteiger charge is -2.34. The Hall–Kier alpha value is -2.18. The molecule has 6 nitrogen and oxygen atoms in total. The van der Waals surface area contributed by atoms with Crippen LogP contribution in [0.2, 0.25) is 0 Å². The van der Waals surface area contributed by atoms with Gasteiger partial charge in [-0.3, -0.25) is 4.79 Å². The normalized spacial score (nSPS) is 16.0. The monoisotopic (exact) mass is 415 g/mol. The Morgan fingerprint density at radius 2 is 1.97 bits per heavy atom. The maximum absolute atomic E-state index is 12.5. The summed E-state index contributed by atoms with van der Waals surface area (Å²) in [6, 6.07) is 8.06. The molecule has 2 N–H and O–H groups in total. The maximum atomic E-state index is 12.5. The fourth-order valence-electron chi connectivity index (χ4n) is 4.18. The van der Waals surface area contributed by atoms with Crippen LogP contribution in [-0.4, -0.2) is 40.1 Å². The van der Waals surface area contributed by atoms with Crippen molar-refractivity contribution in [3.8, 4) is 0 Å². The van der Waals surface area contributed by atoms with Crippen LogP contribution in [0.25, 0.3) is 16.6 Å². The number of aromatic nitrogens is 3. The topological polar surface area (TPSA) is 71.3 Å². The SMILES string of the molecule is Cc1nc2c3ccccc3nn2c(C)c1CCC(=O)NCC1(C)CCNCC1.Cl. The Balaban J connectivity index is 0.00000240. The zero-order valence-corrected chi connectivity index (χ0v) is 18.2. The minimum atomic E-state index is 0. The van der Waals surface area contributed by atoms with E-state index >= 15 is 0 Å². The zero-order valence-electron chi connectivity index (χ0n) is 17.4. The van der Waals surface area contributed by atoms with Gasteiger partial charge in [0.25, 0.3) is 0 Å². The van der Waals surface area contributed by atoms with E-state index in [0.29, 0.717) is 12.8 Å². The van der Waals surface area contributed by atoms with Crippen LogP contribution in [0.1, 0.15) is 43.1 Å². The van der Waals surface area contributed by atoms with Crippen LogP contribution >= 0.6 is 12.4 Å². The van der Waals surface area contributed by atoms with Gasteiger partial charge in [0.05, 0.1) is 5.52 Å². The third-order valence-corrected chi connectivity index (χ3v) is 6.14. The largest absolute Gasteiger partial charge is 0.356 e. The minimum Gasteiger partial charge on any atom is -0.356 e. The van der Waals surface area contributed by atoms with Gasteiger partial charge in [0, 0.05) is 29.7 Å². The van der Waals surface area contributed by atoms with Crippen LogP contribution < -0.4 is 10.6 Å². The van der Waals surface area contributed by atoms with Gasteiger partial charge in [-0.2, -0.15) is 5.10 Å². The molecule has 0 saturated carbocycles. The molecule has 1 amide bonds. The number of hydrogen-bond acceptors (Lipinski definition) is 4. The molecule has 1 saturated heterocycles.